The van der Waals surface area contributed by atoms with E-state index in [2.05, 4.69) is 0 Å². The summed E-state index contributed by atoms with van der Waals surface area (Å²) in [6.07, 6.45) is 1.17. The highest BCUT2D eigenvalue weighted by molar-refractivity contribution is 7.90. The Balaban J connectivity index is 2.98. The second kappa shape index (κ2) is 5.24. The molecule has 1 rings (SSSR count). The zero-order valence-electron chi connectivity index (χ0n) is 10.6. The molecule has 1 N–H and O–H groups in total. The zero-order chi connectivity index (χ0) is 14.0. The largest absolute Gasteiger partial charge is 0.481 e. The minimum absolute atomic E-state index is 0.0527. The average molecular weight is 274 g/mol. The van der Waals surface area contributed by atoms with Crippen LogP contribution in [0.15, 0.2) is 0 Å². The lowest BCUT2D eigenvalue weighted by Gasteiger charge is -2.37. The van der Waals surface area contributed by atoms with Gasteiger partial charge in [-0.3, -0.25) is 4.79 Å². The van der Waals surface area contributed by atoms with Crippen LogP contribution in [0.3, 0.4) is 0 Å². The SMILES string of the molecule is CCC(C#N)S(=O)(=O)N1CCCC(C)(C(=O)O)C1. The van der Waals surface area contributed by atoms with Crippen molar-refractivity contribution in [3.8, 4) is 6.07 Å². The van der Waals surface area contributed by atoms with Crippen molar-refractivity contribution in [1.82, 2.24) is 4.31 Å². The fourth-order valence-corrected chi connectivity index (χ4v) is 3.90. The van der Waals surface area contributed by atoms with E-state index in [0.29, 0.717) is 19.4 Å². The highest BCUT2D eigenvalue weighted by Gasteiger charge is 2.43. The molecule has 0 spiro atoms. The van der Waals surface area contributed by atoms with Crippen LogP contribution in [0, 0.1) is 16.7 Å². The second-order valence-corrected chi connectivity index (χ2v) is 6.99. The lowest BCUT2D eigenvalue weighted by molar-refractivity contribution is -0.150. The molecule has 1 aliphatic rings. The predicted octanol–water partition coefficient (Wildman–Crippen LogP) is 0.805. The summed E-state index contributed by atoms with van der Waals surface area (Å²) in [6, 6.07) is 1.77. The number of nitriles is 1. The summed E-state index contributed by atoms with van der Waals surface area (Å²) in [5.41, 5.74) is -1.06. The first kappa shape index (κ1) is 14.9. The minimum atomic E-state index is -3.72. The molecule has 0 aromatic rings. The van der Waals surface area contributed by atoms with Crippen LogP contribution >= 0.6 is 0 Å². The van der Waals surface area contributed by atoms with Crippen LogP contribution in [0.1, 0.15) is 33.1 Å². The standard InChI is InChI=1S/C11H18N2O4S/c1-3-9(7-12)18(16,17)13-6-4-5-11(2,8-13)10(14)15/h9H,3-6,8H2,1-2H3,(H,14,15). The molecule has 1 saturated heterocycles. The third-order valence-corrected chi connectivity index (χ3v) is 5.60. The van der Waals surface area contributed by atoms with E-state index >= 15 is 0 Å². The first-order valence-electron chi connectivity index (χ1n) is 5.90. The van der Waals surface area contributed by atoms with Gasteiger partial charge >= 0.3 is 5.97 Å². The van der Waals surface area contributed by atoms with Crippen molar-refractivity contribution in [2.75, 3.05) is 13.1 Å². The van der Waals surface area contributed by atoms with Crippen molar-refractivity contribution in [2.45, 2.75) is 38.4 Å². The number of carboxylic acid groups (broad SMARTS) is 1. The number of rotatable bonds is 4. The molecule has 0 bridgehead atoms. The number of sulfonamides is 1. The molecule has 18 heavy (non-hydrogen) atoms. The van der Waals surface area contributed by atoms with Gasteiger partial charge in [-0.1, -0.05) is 6.92 Å². The van der Waals surface area contributed by atoms with Crippen molar-refractivity contribution in [2.24, 2.45) is 5.41 Å². The minimum Gasteiger partial charge on any atom is -0.481 e. The van der Waals surface area contributed by atoms with Gasteiger partial charge in [-0.2, -0.15) is 9.57 Å². The van der Waals surface area contributed by atoms with E-state index in [4.69, 9.17) is 10.4 Å². The maximum atomic E-state index is 12.2. The molecule has 1 fully saturated rings. The maximum absolute atomic E-state index is 12.2. The van der Waals surface area contributed by atoms with Gasteiger partial charge in [-0.15, -0.1) is 0 Å². The van der Waals surface area contributed by atoms with Crippen LogP contribution in [0.4, 0.5) is 0 Å². The molecule has 102 valence electrons. The number of carbonyl (C=O) groups is 1. The van der Waals surface area contributed by atoms with Crippen LogP contribution in [0.5, 0.6) is 0 Å². The summed E-state index contributed by atoms with van der Waals surface area (Å²) in [6.45, 7) is 3.42. The Hall–Kier alpha value is -1.13. The van der Waals surface area contributed by atoms with Gasteiger partial charge in [-0.25, -0.2) is 8.42 Å². The zero-order valence-corrected chi connectivity index (χ0v) is 11.4. The van der Waals surface area contributed by atoms with Gasteiger partial charge < -0.3 is 5.11 Å². The maximum Gasteiger partial charge on any atom is 0.310 e. The van der Waals surface area contributed by atoms with E-state index < -0.39 is 26.7 Å². The summed E-state index contributed by atoms with van der Waals surface area (Å²) >= 11 is 0. The topological polar surface area (TPSA) is 98.5 Å². The van der Waals surface area contributed by atoms with Gasteiger partial charge in [-0.05, 0) is 26.2 Å². The molecular formula is C11H18N2O4S. The molecule has 0 saturated carbocycles. The Morgan fingerprint density at radius 2 is 2.22 bits per heavy atom. The monoisotopic (exact) mass is 274 g/mol. The Bertz CT molecular complexity index is 468. The first-order valence-corrected chi connectivity index (χ1v) is 7.40. The van der Waals surface area contributed by atoms with E-state index in [9.17, 15) is 13.2 Å². The van der Waals surface area contributed by atoms with Crippen LogP contribution in [-0.4, -0.2) is 42.1 Å². The fourth-order valence-electron chi connectivity index (χ4n) is 2.13. The Labute approximate surface area is 107 Å². The molecular weight excluding hydrogens is 256 g/mol. The summed E-state index contributed by atoms with van der Waals surface area (Å²) in [7, 11) is -3.72. The third-order valence-electron chi connectivity index (χ3n) is 3.41. The third kappa shape index (κ3) is 2.65. The van der Waals surface area contributed by atoms with Crippen LogP contribution in [0.25, 0.3) is 0 Å². The number of piperidine rings is 1. The Morgan fingerprint density at radius 1 is 1.61 bits per heavy atom. The number of nitrogens with zero attached hydrogens (tertiary/aromatic N) is 2. The van der Waals surface area contributed by atoms with Crippen molar-refractivity contribution >= 4 is 16.0 Å². The quantitative estimate of drug-likeness (QED) is 0.817. The molecule has 0 aromatic carbocycles. The highest BCUT2D eigenvalue weighted by Crippen LogP contribution is 2.32. The van der Waals surface area contributed by atoms with Crippen molar-refractivity contribution in [3.05, 3.63) is 0 Å². The van der Waals surface area contributed by atoms with Gasteiger partial charge in [0.1, 0.15) is 0 Å². The molecule has 7 heteroatoms. The molecule has 1 aliphatic heterocycles. The van der Waals surface area contributed by atoms with E-state index in [1.54, 1.807) is 19.9 Å². The smallest absolute Gasteiger partial charge is 0.310 e. The number of carboxylic acids is 1. The lowest BCUT2D eigenvalue weighted by Crippen LogP contribution is -2.50. The molecule has 0 radical (unpaired) electrons. The first-order chi connectivity index (χ1) is 8.28. The molecule has 1 heterocycles. The van der Waals surface area contributed by atoms with E-state index in [0.717, 1.165) is 4.31 Å². The average Bonchev–Trinajstić information content (AvgIpc) is 2.30. The number of hydrogen-bond donors (Lipinski definition) is 1. The van der Waals surface area contributed by atoms with E-state index in [-0.39, 0.29) is 13.0 Å². The molecule has 0 aromatic heterocycles. The molecule has 2 unspecified atom stereocenters. The van der Waals surface area contributed by atoms with Crippen molar-refractivity contribution in [1.29, 1.82) is 5.26 Å². The fraction of sp³-hybridized carbons (Fsp3) is 0.818. The van der Waals surface area contributed by atoms with E-state index in [1.807, 2.05) is 0 Å². The number of aliphatic carboxylic acids is 1. The van der Waals surface area contributed by atoms with Crippen molar-refractivity contribution < 1.29 is 18.3 Å². The van der Waals surface area contributed by atoms with E-state index in [1.165, 1.54) is 0 Å². The summed E-state index contributed by atoms with van der Waals surface area (Å²) in [4.78, 5) is 11.2. The summed E-state index contributed by atoms with van der Waals surface area (Å²) in [5.74, 6) is -0.993. The van der Waals surface area contributed by atoms with Crippen LogP contribution < -0.4 is 0 Å². The van der Waals surface area contributed by atoms with Crippen LogP contribution in [-0.2, 0) is 14.8 Å². The number of hydrogen-bond acceptors (Lipinski definition) is 4. The molecule has 6 nitrogen and oxygen atoms in total. The molecule has 0 aliphatic carbocycles. The van der Waals surface area contributed by atoms with Gasteiger partial charge in [0.05, 0.1) is 11.5 Å². The summed E-state index contributed by atoms with van der Waals surface area (Å²) < 4.78 is 25.5. The van der Waals surface area contributed by atoms with Crippen molar-refractivity contribution in [3.63, 3.8) is 0 Å². The van der Waals surface area contributed by atoms with Crippen LogP contribution in [0.2, 0.25) is 0 Å². The summed E-state index contributed by atoms with van der Waals surface area (Å²) in [5, 5.41) is 16.9. The normalized spacial score (nSPS) is 27.4. The predicted molar refractivity (Wildman–Crippen MR) is 65.2 cm³/mol. The van der Waals surface area contributed by atoms with Gasteiger partial charge in [0.25, 0.3) is 0 Å². The molecule has 2 atom stereocenters. The molecule has 0 amide bonds. The Kier molecular flexibility index (Phi) is 4.35. The van der Waals surface area contributed by atoms with Gasteiger partial charge in [0.2, 0.25) is 10.0 Å². The van der Waals surface area contributed by atoms with Gasteiger partial charge in [0.15, 0.2) is 5.25 Å². The Morgan fingerprint density at radius 3 is 2.67 bits per heavy atom. The van der Waals surface area contributed by atoms with Gasteiger partial charge in [0, 0.05) is 13.1 Å². The highest BCUT2D eigenvalue weighted by atomic mass is 32.2. The lowest BCUT2D eigenvalue weighted by atomic mass is 9.83. The second-order valence-electron chi connectivity index (χ2n) is 4.87.